The standard InChI is InChI=1S/C25H33ClN4O4S/c1-3-34-24(33)30-12-6-18(7-13-30)28-23(32)25(8-10-27-11-9-25)29-22(31)15-21-16(2)19-14-17(26)4-5-20(19)35-21/h4-5,14,18,27H,3,6-13,15H2,1-2H3,(H,28,32)(H,29,31). The predicted molar refractivity (Wildman–Crippen MR) is 138 cm³/mol. The lowest BCUT2D eigenvalue weighted by Gasteiger charge is -2.39. The smallest absolute Gasteiger partial charge is 0.409 e. The Morgan fingerprint density at radius 2 is 1.94 bits per heavy atom. The molecule has 4 rings (SSSR count). The fraction of sp³-hybridized carbons (Fsp3) is 0.560. The number of nitrogens with one attached hydrogen (secondary N) is 3. The second-order valence-corrected chi connectivity index (χ2v) is 10.9. The van der Waals surface area contributed by atoms with Crippen molar-refractivity contribution in [2.24, 2.45) is 0 Å². The van der Waals surface area contributed by atoms with Crippen LogP contribution >= 0.6 is 22.9 Å². The highest BCUT2D eigenvalue weighted by atomic mass is 35.5. The molecule has 10 heteroatoms. The molecule has 2 aromatic rings. The number of amides is 3. The van der Waals surface area contributed by atoms with E-state index in [9.17, 15) is 14.4 Å². The van der Waals surface area contributed by atoms with E-state index in [1.165, 1.54) is 0 Å². The molecule has 0 saturated carbocycles. The zero-order chi connectivity index (χ0) is 25.0. The topological polar surface area (TPSA) is 99.8 Å². The molecule has 0 spiro atoms. The van der Waals surface area contributed by atoms with Gasteiger partial charge in [-0.25, -0.2) is 4.79 Å². The van der Waals surface area contributed by atoms with E-state index in [4.69, 9.17) is 16.3 Å². The van der Waals surface area contributed by atoms with Crippen LogP contribution in [0.4, 0.5) is 4.79 Å². The summed E-state index contributed by atoms with van der Waals surface area (Å²) in [4.78, 5) is 41.2. The van der Waals surface area contributed by atoms with Crippen LogP contribution in [-0.2, 0) is 20.7 Å². The van der Waals surface area contributed by atoms with Gasteiger partial charge in [0.25, 0.3) is 0 Å². The number of carbonyl (C=O) groups excluding carboxylic acids is 3. The third kappa shape index (κ3) is 5.90. The minimum atomic E-state index is -0.936. The molecule has 0 radical (unpaired) electrons. The molecule has 3 amide bonds. The Bertz CT molecular complexity index is 1090. The number of nitrogens with zero attached hydrogens (tertiary/aromatic N) is 1. The van der Waals surface area contributed by atoms with E-state index in [0.29, 0.717) is 63.5 Å². The van der Waals surface area contributed by atoms with E-state index < -0.39 is 5.54 Å². The Balaban J connectivity index is 1.40. The van der Waals surface area contributed by atoms with Crippen molar-refractivity contribution in [2.45, 2.75) is 57.5 Å². The van der Waals surface area contributed by atoms with Crippen LogP contribution in [0.3, 0.4) is 0 Å². The van der Waals surface area contributed by atoms with E-state index in [0.717, 1.165) is 20.5 Å². The molecule has 0 unspecified atom stereocenters. The Kier molecular flexibility index (Phi) is 8.19. The molecule has 190 valence electrons. The van der Waals surface area contributed by atoms with Gasteiger partial charge in [0.1, 0.15) is 5.54 Å². The summed E-state index contributed by atoms with van der Waals surface area (Å²) >= 11 is 7.74. The molecule has 0 bridgehead atoms. The van der Waals surface area contributed by atoms with Crippen molar-refractivity contribution in [3.63, 3.8) is 0 Å². The number of piperidine rings is 2. The number of benzene rings is 1. The number of aryl methyl sites for hydroxylation is 1. The maximum absolute atomic E-state index is 13.5. The molecule has 3 N–H and O–H groups in total. The molecule has 1 aromatic carbocycles. The Hall–Kier alpha value is -2.36. The van der Waals surface area contributed by atoms with Gasteiger partial charge in [0.15, 0.2) is 0 Å². The number of ether oxygens (including phenoxy) is 1. The lowest BCUT2D eigenvalue weighted by molar-refractivity contribution is -0.135. The third-order valence-corrected chi connectivity index (χ3v) is 8.45. The number of thiophene rings is 1. The molecular formula is C25H33ClN4O4S. The fourth-order valence-electron chi connectivity index (χ4n) is 4.88. The van der Waals surface area contributed by atoms with Gasteiger partial charge in [0.2, 0.25) is 11.8 Å². The van der Waals surface area contributed by atoms with Crippen molar-refractivity contribution in [1.82, 2.24) is 20.9 Å². The van der Waals surface area contributed by atoms with E-state index in [2.05, 4.69) is 16.0 Å². The van der Waals surface area contributed by atoms with Crippen LogP contribution in [0, 0.1) is 6.92 Å². The minimum absolute atomic E-state index is 0.0357. The average Bonchev–Trinajstić information content (AvgIpc) is 3.14. The lowest BCUT2D eigenvalue weighted by atomic mass is 9.86. The zero-order valence-corrected chi connectivity index (χ0v) is 21.8. The van der Waals surface area contributed by atoms with Gasteiger partial charge in [-0.05, 0) is 81.8 Å². The molecule has 35 heavy (non-hydrogen) atoms. The van der Waals surface area contributed by atoms with Gasteiger partial charge in [0, 0.05) is 33.7 Å². The second kappa shape index (κ2) is 11.1. The summed E-state index contributed by atoms with van der Waals surface area (Å²) in [6.45, 7) is 6.55. The van der Waals surface area contributed by atoms with Crippen LogP contribution in [0.1, 0.15) is 43.0 Å². The van der Waals surface area contributed by atoms with E-state index >= 15 is 0 Å². The van der Waals surface area contributed by atoms with Gasteiger partial charge in [0.05, 0.1) is 13.0 Å². The maximum Gasteiger partial charge on any atom is 0.409 e. The molecule has 0 atom stereocenters. The van der Waals surface area contributed by atoms with Gasteiger partial charge >= 0.3 is 6.09 Å². The van der Waals surface area contributed by atoms with Gasteiger partial charge in [-0.15, -0.1) is 11.3 Å². The first-order chi connectivity index (χ1) is 16.8. The van der Waals surface area contributed by atoms with E-state index in [1.54, 1.807) is 23.2 Å². The highest BCUT2D eigenvalue weighted by Crippen LogP contribution is 2.33. The molecule has 2 aliphatic heterocycles. The van der Waals surface area contributed by atoms with Crippen molar-refractivity contribution in [1.29, 1.82) is 0 Å². The molecular weight excluding hydrogens is 488 g/mol. The van der Waals surface area contributed by atoms with Crippen molar-refractivity contribution in [2.75, 3.05) is 32.8 Å². The van der Waals surface area contributed by atoms with Crippen molar-refractivity contribution >= 4 is 50.9 Å². The quantitative estimate of drug-likeness (QED) is 0.542. The molecule has 3 heterocycles. The molecule has 0 aliphatic carbocycles. The summed E-state index contributed by atoms with van der Waals surface area (Å²) in [6.07, 6.45) is 2.31. The van der Waals surface area contributed by atoms with Gasteiger partial charge in [-0.2, -0.15) is 0 Å². The van der Waals surface area contributed by atoms with E-state index in [-0.39, 0.29) is 30.4 Å². The van der Waals surface area contributed by atoms with Gasteiger partial charge in [-0.1, -0.05) is 11.6 Å². The van der Waals surface area contributed by atoms with Gasteiger partial charge < -0.3 is 25.6 Å². The SMILES string of the molecule is CCOC(=O)N1CCC(NC(=O)C2(NC(=O)Cc3sc4ccc(Cl)cc4c3C)CCNCC2)CC1. The summed E-state index contributed by atoms with van der Waals surface area (Å²) in [6, 6.07) is 5.73. The number of likely N-dealkylation sites (tertiary alicyclic amines) is 1. The molecule has 2 saturated heterocycles. The van der Waals surface area contributed by atoms with Crippen LogP contribution in [0.5, 0.6) is 0 Å². The van der Waals surface area contributed by atoms with Crippen LogP contribution in [-0.4, -0.2) is 67.2 Å². The van der Waals surface area contributed by atoms with Crippen LogP contribution in [0.15, 0.2) is 18.2 Å². The monoisotopic (exact) mass is 520 g/mol. The van der Waals surface area contributed by atoms with Crippen LogP contribution in [0.2, 0.25) is 5.02 Å². The highest BCUT2D eigenvalue weighted by Gasteiger charge is 2.42. The summed E-state index contributed by atoms with van der Waals surface area (Å²) in [5.41, 5.74) is 0.119. The maximum atomic E-state index is 13.5. The third-order valence-electron chi connectivity index (χ3n) is 6.94. The van der Waals surface area contributed by atoms with Crippen LogP contribution in [0.25, 0.3) is 10.1 Å². The highest BCUT2D eigenvalue weighted by molar-refractivity contribution is 7.19. The number of carbonyl (C=O) groups is 3. The number of rotatable bonds is 6. The van der Waals surface area contributed by atoms with Crippen LogP contribution < -0.4 is 16.0 Å². The fourth-order valence-corrected chi connectivity index (χ4v) is 6.24. The van der Waals surface area contributed by atoms with Crippen molar-refractivity contribution < 1.29 is 19.1 Å². The molecule has 8 nitrogen and oxygen atoms in total. The Labute approximate surface area is 214 Å². The predicted octanol–water partition coefficient (Wildman–Crippen LogP) is 3.38. The molecule has 2 aliphatic rings. The van der Waals surface area contributed by atoms with Crippen molar-refractivity contribution in [3.05, 3.63) is 33.7 Å². The summed E-state index contributed by atoms with van der Waals surface area (Å²) in [5.74, 6) is -0.290. The zero-order valence-electron chi connectivity index (χ0n) is 20.2. The summed E-state index contributed by atoms with van der Waals surface area (Å²) in [5, 5.41) is 11.3. The molecule has 2 fully saturated rings. The number of hydrogen-bond donors (Lipinski definition) is 3. The summed E-state index contributed by atoms with van der Waals surface area (Å²) < 4.78 is 6.17. The first-order valence-corrected chi connectivity index (χ1v) is 13.4. The van der Waals surface area contributed by atoms with Crippen molar-refractivity contribution in [3.8, 4) is 0 Å². The normalized spacial score (nSPS) is 18.3. The Morgan fingerprint density at radius 1 is 1.23 bits per heavy atom. The molecule has 1 aromatic heterocycles. The van der Waals surface area contributed by atoms with Gasteiger partial charge in [-0.3, -0.25) is 9.59 Å². The number of halogens is 1. The first-order valence-electron chi connectivity index (χ1n) is 12.2. The second-order valence-electron chi connectivity index (χ2n) is 9.28. The average molecular weight is 521 g/mol. The minimum Gasteiger partial charge on any atom is -0.450 e. The summed E-state index contributed by atoms with van der Waals surface area (Å²) in [7, 11) is 0. The lowest BCUT2D eigenvalue weighted by Crippen LogP contribution is -2.64. The van der Waals surface area contributed by atoms with E-state index in [1.807, 2.05) is 25.1 Å². The largest absolute Gasteiger partial charge is 0.450 e. The number of fused-ring (bicyclic) bond motifs is 1. The first kappa shape index (κ1) is 25.7. The number of hydrogen-bond acceptors (Lipinski definition) is 6. The Morgan fingerprint density at radius 3 is 2.63 bits per heavy atom.